The van der Waals surface area contributed by atoms with E-state index < -0.39 is 118 Å². The molecule has 5 heterocycles. The van der Waals surface area contributed by atoms with Gasteiger partial charge in [-0.1, -0.05) is 63.3 Å². The number of ketones is 3. The topological polar surface area (TPSA) is 422 Å². The number of carbonyl (C=O) groups excluding carboxylic acids is 7. The van der Waals surface area contributed by atoms with E-state index in [0.717, 1.165) is 27.2 Å². The molecule has 1 saturated carbocycles. The van der Waals surface area contributed by atoms with E-state index in [0.29, 0.717) is 162 Å². The number of Topliss-reactive ketones (excluding diaryl/α,β-unsaturated/α-hetero) is 3. The molecule has 4 aliphatic heterocycles. The number of esters is 1. The molecule has 706 valence electrons. The summed E-state index contributed by atoms with van der Waals surface area (Å²) in [7, 11) is 1.33. The lowest BCUT2D eigenvalue weighted by Crippen LogP contribution is -2.58. The molecule has 1 unspecified atom stereocenters. The van der Waals surface area contributed by atoms with Crippen LogP contribution in [0.2, 0.25) is 0 Å². The molecule has 3 fully saturated rings. The third-order valence-electron chi connectivity index (χ3n) is 23.2. The summed E-state index contributed by atoms with van der Waals surface area (Å²) in [6.07, 6.45) is 9.93. The first-order valence-electron chi connectivity index (χ1n) is 44.3. The van der Waals surface area contributed by atoms with Crippen molar-refractivity contribution < 1.29 is 124 Å². The molecule has 1 aromatic heterocycles. The van der Waals surface area contributed by atoms with Crippen molar-refractivity contribution in [3.05, 3.63) is 119 Å². The Bertz CT molecular complexity index is 4160. The molecule has 3 amide bonds. The summed E-state index contributed by atoms with van der Waals surface area (Å²) < 4.78 is 110. The smallest absolute Gasteiger partial charge is 0.329 e. The first-order chi connectivity index (χ1) is 61.1. The molecule has 0 radical (unpaired) electrons. The molecule has 3 aromatic rings. The summed E-state index contributed by atoms with van der Waals surface area (Å²) in [5, 5.41) is 40.3. The largest absolute Gasteiger partial charge is 0.491 e. The van der Waals surface area contributed by atoms with Crippen LogP contribution in [0.15, 0.2) is 101 Å². The SMILES string of the molecule is CO[C@H]1C[C@@H]2CCC[C@@](O)(O2)C(=O)C(=O)N2CCCC[C@H]2C(=O)O[C@H]([C@H](N)C[C@@H]2CC[C@@H](OC(=S)NCCOCCOCCOCCOCCOCCOCCOCCOCCC(=O)NCCS(=O)c3ccc(C(=O)N4CCOc5ccc(-c6ccc(N)nc6)cc5C4)c(C)c3F)[C@H](OC)C2)CC(=O)[C@H](C)/C=C(\C)[C@@H](O)[C@@H](O)C(=O)[C@H](C)C[C@H](C)/C=C/C=CC=C1C. The van der Waals surface area contributed by atoms with Crippen LogP contribution in [0.4, 0.5) is 10.2 Å². The Hall–Kier alpha value is -7.79. The highest BCUT2D eigenvalue weighted by atomic mass is 32.2. The second-order valence-corrected chi connectivity index (χ2v) is 34.7. The average Bonchev–Trinajstić information content (AvgIpc) is 1.61. The number of pyridine rings is 1. The average molecular weight is 1820 g/mol. The van der Waals surface area contributed by atoms with Crippen molar-refractivity contribution in [1.82, 2.24) is 25.4 Å². The van der Waals surface area contributed by atoms with Crippen molar-refractivity contribution in [1.29, 1.82) is 0 Å². The summed E-state index contributed by atoms with van der Waals surface area (Å²) in [5.74, 6) is -8.72. The lowest BCUT2D eigenvalue weighted by Gasteiger charge is -2.40. The van der Waals surface area contributed by atoms with Crippen LogP contribution in [0, 0.1) is 36.4 Å². The number of amides is 3. The fourth-order valence-electron chi connectivity index (χ4n) is 15.9. The quantitative estimate of drug-likeness (QED) is 0.00958. The Morgan fingerprint density at radius 3 is 2.02 bits per heavy atom. The number of anilines is 1. The molecule has 2 saturated heterocycles. The van der Waals surface area contributed by atoms with Gasteiger partial charge in [0, 0.05) is 113 Å². The molecule has 0 spiro atoms. The number of ether oxygens (including phenoxy) is 14. The fraction of sp³-hybridized carbons (Fsp3) is 0.641. The van der Waals surface area contributed by atoms with E-state index in [2.05, 4.69) is 15.6 Å². The maximum atomic E-state index is 15.7. The molecule has 32 nitrogen and oxygen atoms in total. The number of nitrogens with zero attached hydrogens (tertiary/aromatic N) is 3. The van der Waals surface area contributed by atoms with Gasteiger partial charge in [0.25, 0.3) is 22.8 Å². The predicted molar refractivity (Wildman–Crippen MR) is 475 cm³/mol. The van der Waals surface area contributed by atoms with Gasteiger partial charge in [0.05, 0.1) is 146 Å². The number of hydrogen-bond acceptors (Lipinski definition) is 29. The maximum Gasteiger partial charge on any atom is 0.329 e. The number of allylic oxidation sites excluding steroid dienone is 6. The number of benzene rings is 2. The van der Waals surface area contributed by atoms with Gasteiger partial charge in [0.15, 0.2) is 5.78 Å². The molecule has 2 aromatic carbocycles. The van der Waals surface area contributed by atoms with E-state index in [9.17, 15) is 53.1 Å². The van der Waals surface area contributed by atoms with Gasteiger partial charge in [-0.2, -0.15) is 0 Å². The monoisotopic (exact) mass is 1820 g/mol. The first kappa shape index (κ1) is 105. The highest BCUT2D eigenvalue weighted by molar-refractivity contribution is 7.85. The van der Waals surface area contributed by atoms with E-state index in [1.165, 1.54) is 32.1 Å². The predicted octanol–water partition coefficient (Wildman–Crippen LogP) is 7.44. The number of hydrogen-bond donors (Lipinski definition) is 7. The zero-order chi connectivity index (χ0) is 91.8. The number of cyclic esters (lactones) is 1. The van der Waals surface area contributed by atoms with E-state index in [1.807, 2.05) is 68.5 Å². The van der Waals surface area contributed by atoms with E-state index in [4.69, 9.17) is 90.0 Å². The highest BCUT2D eigenvalue weighted by Gasteiger charge is 2.50. The normalized spacial score (nSPS) is 25.9. The summed E-state index contributed by atoms with van der Waals surface area (Å²) in [4.78, 5) is 104. The van der Waals surface area contributed by atoms with Crippen LogP contribution >= 0.6 is 12.2 Å². The Morgan fingerprint density at radius 1 is 0.724 bits per heavy atom. The van der Waals surface area contributed by atoms with Crippen LogP contribution in [0.25, 0.3) is 11.1 Å². The second-order valence-electron chi connectivity index (χ2n) is 32.8. The molecule has 5 aliphatic rings. The Labute approximate surface area is 753 Å². The lowest BCUT2D eigenvalue weighted by atomic mass is 9.80. The van der Waals surface area contributed by atoms with Crippen LogP contribution in [0.3, 0.4) is 0 Å². The minimum Gasteiger partial charge on any atom is -0.491 e. The van der Waals surface area contributed by atoms with Crippen LogP contribution < -0.4 is 26.8 Å². The Morgan fingerprint density at radius 2 is 1.38 bits per heavy atom. The van der Waals surface area contributed by atoms with Crippen molar-refractivity contribution in [2.24, 2.45) is 29.4 Å². The number of aromatic nitrogens is 1. The van der Waals surface area contributed by atoms with Crippen molar-refractivity contribution in [3.63, 3.8) is 0 Å². The zero-order valence-electron chi connectivity index (χ0n) is 74.8. The summed E-state index contributed by atoms with van der Waals surface area (Å²) >= 11 is 5.57. The van der Waals surface area contributed by atoms with Gasteiger partial charge in [-0.3, -0.25) is 33.0 Å². The molecule has 2 bridgehead atoms. The van der Waals surface area contributed by atoms with Crippen molar-refractivity contribution >= 4 is 75.1 Å². The number of aliphatic hydroxyl groups is 3. The van der Waals surface area contributed by atoms with Gasteiger partial charge in [-0.05, 0) is 168 Å². The number of methoxy groups -OCH3 is 2. The van der Waals surface area contributed by atoms with Crippen molar-refractivity contribution in [3.8, 4) is 16.9 Å². The van der Waals surface area contributed by atoms with Crippen LogP contribution in [-0.2, 0) is 108 Å². The Kier molecular flexibility index (Phi) is 45.6. The van der Waals surface area contributed by atoms with E-state index in [1.54, 1.807) is 45.2 Å². The first-order valence-corrected chi connectivity index (χ1v) is 46.0. The maximum absolute atomic E-state index is 15.7. The molecule has 8 rings (SSSR count). The van der Waals surface area contributed by atoms with Crippen LogP contribution in [-0.4, -0.2) is 300 Å². The molecular formula is C92H134FN7O25S2. The number of fused-ring (bicyclic) bond motifs is 4. The van der Waals surface area contributed by atoms with Gasteiger partial charge >= 0.3 is 5.97 Å². The van der Waals surface area contributed by atoms with E-state index >= 15 is 4.39 Å². The standard InChI is InChI=1S/C92H134FN7O25S2/c1-60-15-10-9-11-16-61(2)77(112-7)56-70-17-14-28-92(110,125-70)87(106)89(108)100-31-13-12-18-73(100)90(109)123-78(57-74(101)62(3)52-64(5)85(104)86(105)84(103)63(4)51-60)72(94)53-66-19-23-76(79(54-66)113-8)124-91(126)97-29-34-115-37-39-117-41-43-119-45-47-121-49-48-120-46-44-118-42-40-116-38-36-114-33-27-82(102)96-30-50-127(111)80-25-22-71(65(6)83(80)93)88(107)99-32-35-122-75-24-20-67(55-69(75)59-99)68-21-26-81(95)98-58-68/h9-11,15-16,20-22,24-26,52,55,58,60,62-63,66,70,72-73,76-79,85-86,104-105,110H,12-14,17-19,23,27-51,53-54,56-57,59,94H2,1-8H3,(H2,95,98)(H,96,102)(H,97,126)/b11-9?,15-10+,61-16?,64-52+/t60-,62-,63-,66+,70+,72-,73+,76-,77+,78+,79-,85-,86+,92-,127?/m1/s1. The zero-order valence-corrected chi connectivity index (χ0v) is 76.4. The highest BCUT2D eigenvalue weighted by Crippen LogP contribution is 2.37. The molecule has 35 heteroatoms. The minimum atomic E-state index is -2.46. The molecule has 15 atom stereocenters. The summed E-state index contributed by atoms with van der Waals surface area (Å²) in [5.41, 5.74) is 16.6. The number of rotatable bonds is 39. The third kappa shape index (κ3) is 34.1. The number of nitrogens with two attached hydrogens (primary N) is 2. The van der Waals surface area contributed by atoms with E-state index in [-0.39, 0.29) is 141 Å². The number of piperidine rings is 1. The number of carbonyl (C=O) groups is 7. The summed E-state index contributed by atoms with van der Waals surface area (Å²) in [6.45, 7) is 16.8. The lowest BCUT2D eigenvalue weighted by molar-refractivity contribution is -0.245. The fourth-order valence-corrected chi connectivity index (χ4v) is 17.2. The van der Waals surface area contributed by atoms with Gasteiger partial charge in [-0.25, -0.2) is 14.2 Å². The van der Waals surface area contributed by atoms with Crippen molar-refractivity contribution in [2.75, 3.05) is 164 Å². The van der Waals surface area contributed by atoms with Gasteiger partial charge in [-0.15, -0.1) is 0 Å². The molecule has 9 N–H and O–H groups in total. The number of thiocarbonyl (C=S) groups is 1. The molecular weight excluding hydrogens is 1690 g/mol. The molecule has 127 heavy (non-hydrogen) atoms. The Balaban J connectivity index is 0.634. The molecule has 1 aliphatic carbocycles. The van der Waals surface area contributed by atoms with Gasteiger partial charge in [0.2, 0.25) is 11.7 Å². The van der Waals surface area contributed by atoms with Gasteiger partial charge < -0.3 is 114 Å². The number of aliphatic hydroxyl groups excluding tert-OH is 2. The minimum absolute atomic E-state index is 0.0130. The number of nitrogen functional groups attached to an aromatic ring is 1. The number of halogens is 1. The number of nitrogens with one attached hydrogen (secondary N) is 2. The second kappa shape index (κ2) is 55.4. The third-order valence-corrected chi connectivity index (χ3v) is 24.8. The summed E-state index contributed by atoms with van der Waals surface area (Å²) in [6, 6.07) is 9.94. The van der Waals surface area contributed by atoms with Gasteiger partial charge in [0.1, 0.15) is 60.2 Å². The van der Waals surface area contributed by atoms with Crippen molar-refractivity contribution in [2.45, 2.75) is 203 Å². The van der Waals surface area contributed by atoms with Crippen LogP contribution in [0.5, 0.6) is 5.75 Å². The van der Waals surface area contributed by atoms with Crippen LogP contribution in [0.1, 0.15) is 146 Å².